The number of anilines is 1. The highest BCUT2D eigenvalue weighted by atomic mass is 35.5. The molecule has 0 unspecified atom stereocenters. The number of amides is 1. The van der Waals surface area contributed by atoms with Gasteiger partial charge in [0.15, 0.2) is 5.69 Å². The van der Waals surface area contributed by atoms with Crippen LogP contribution in [0.25, 0.3) is 0 Å². The van der Waals surface area contributed by atoms with E-state index in [1.807, 2.05) is 4.90 Å². The SMILES string of the molecule is CN(C[C@@H]1CCc2nc(C(F)(F)F)cn2C1)c1ncc(C(N)=O)cc1Cl. The van der Waals surface area contributed by atoms with Crippen molar-refractivity contribution in [1.82, 2.24) is 14.5 Å². The van der Waals surface area contributed by atoms with E-state index in [9.17, 15) is 18.0 Å². The minimum absolute atomic E-state index is 0.122. The first-order chi connectivity index (χ1) is 12.1. The molecule has 6 nitrogen and oxygen atoms in total. The van der Waals surface area contributed by atoms with Gasteiger partial charge in [-0.05, 0) is 18.4 Å². The number of nitrogens with two attached hydrogens (primary N) is 1. The van der Waals surface area contributed by atoms with Crippen LogP contribution in [0.2, 0.25) is 5.02 Å². The molecule has 0 aromatic carbocycles. The number of pyridine rings is 1. The number of primary amides is 1. The number of aryl methyl sites for hydroxylation is 1. The lowest BCUT2D eigenvalue weighted by Gasteiger charge is -2.29. The molecule has 1 amide bonds. The number of imidazole rings is 1. The summed E-state index contributed by atoms with van der Waals surface area (Å²) in [6, 6.07) is 1.45. The van der Waals surface area contributed by atoms with E-state index < -0.39 is 17.8 Å². The normalized spacial score (nSPS) is 17.0. The van der Waals surface area contributed by atoms with Crippen molar-refractivity contribution in [1.29, 1.82) is 0 Å². The van der Waals surface area contributed by atoms with Crippen molar-refractivity contribution in [3.05, 3.63) is 40.6 Å². The van der Waals surface area contributed by atoms with E-state index in [0.29, 0.717) is 36.2 Å². The van der Waals surface area contributed by atoms with Gasteiger partial charge in [-0.1, -0.05) is 11.6 Å². The van der Waals surface area contributed by atoms with E-state index in [0.717, 1.165) is 12.6 Å². The number of hydrogen-bond donors (Lipinski definition) is 1. The molecule has 1 aliphatic rings. The zero-order valence-corrected chi connectivity index (χ0v) is 14.7. The summed E-state index contributed by atoms with van der Waals surface area (Å²) in [6.07, 6.45) is -0.818. The van der Waals surface area contributed by atoms with E-state index in [2.05, 4.69) is 9.97 Å². The summed E-state index contributed by atoms with van der Waals surface area (Å²) in [4.78, 5) is 20.8. The van der Waals surface area contributed by atoms with Gasteiger partial charge in [0.2, 0.25) is 5.91 Å². The van der Waals surface area contributed by atoms with Crippen LogP contribution in [0.15, 0.2) is 18.5 Å². The minimum atomic E-state index is -4.43. The Balaban J connectivity index is 1.70. The molecular weight excluding hydrogens is 371 g/mol. The van der Waals surface area contributed by atoms with E-state index in [4.69, 9.17) is 17.3 Å². The Hall–Kier alpha value is -2.29. The van der Waals surface area contributed by atoms with Crippen molar-refractivity contribution in [3.8, 4) is 0 Å². The Morgan fingerprint density at radius 3 is 2.85 bits per heavy atom. The first-order valence-corrected chi connectivity index (χ1v) is 8.32. The maximum Gasteiger partial charge on any atom is 0.434 e. The van der Waals surface area contributed by atoms with Gasteiger partial charge in [0.1, 0.15) is 11.6 Å². The van der Waals surface area contributed by atoms with Gasteiger partial charge in [0.05, 0.1) is 10.6 Å². The number of hydrogen-bond acceptors (Lipinski definition) is 4. The lowest BCUT2D eigenvalue weighted by molar-refractivity contribution is -0.141. The number of carbonyl (C=O) groups excluding carboxylic acids is 1. The van der Waals surface area contributed by atoms with Gasteiger partial charge in [-0.3, -0.25) is 4.79 Å². The van der Waals surface area contributed by atoms with E-state index in [-0.39, 0.29) is 11.5 Å². The van der Waals surface area contributed by atoms with Gasteiger partial charge in [-0.15, -0.1) is 0 Å². The molecule has 26 heavy (non-hydrogen) atoms. The largest absolute Gasteiger partial charge is 0.434 e. The Bertz CT molecular complexity index is 836. The molecule has 0 saturated heterocycles. The topological polar surface area (TPSA) is 77.0 Å². The predicted molar refractivity (Wildman–Crippen MR) is 90.1 cm³/mol. The average Bonchev–Trinajstić information content (AvgIpc) is 2.98. The van der Waals surface area contributed by atoms with Crippen LogP contribution < -0.4 is 10.6 Å². The summed E-state index contributed by atoms with van der Waals surface area (Å²) in [6.45, 7) is 1.00. The molecule has 0 fully saturated rings. The summed E-state index contributed by atoms with van der Waals surface area (Å²) in [5, 5.41) is 0.294. The van der Waals surface area contributed by atoms with Crippen molar-refractivity contribution >= 4 is 23.3 Å². The van der Waals surface area contributed by atoms with Crippen molar-refractivity contribution < 1.29 is 18.0 Å². The van der Waals surface area contributed by atoms with Gasteiger partial charge in [-0.2, -0.15) is 13.2 Å². The van der Waals surface area contributed by atoms with Crippen molar-refractivity contribution in [2.45, 2.75) is 25.6 Å². The molecular formula is C16H17ClF3N5O. The summed E-state index contributed by atoms with van der Waals surface area (Å²) in [7, 11) is 1.79. The Morgan fingerprint density at radius 1 is 1.50 bits per heavy atom. The van der Waals surface area contributed by atoms with Gasteiger partial charge in [-0.25, -0.2) is 9.97 Å². The maximum atomic E-state index is 12.8. The Kier molecular flexibility index (Phi) is 4.83. The number of carbonyl (C=O) groups is 1. The van der Waals surface area contributed by atoms with Crippen LogP contribution in [0.4, 0.5) is 19.0 Å². The number of nitrogens with zero attached hydrogens (tertiary/aromatic N) is 4. The van der Waals surface area contributed by atoms with Crippen LogP contribution in [-0.4, -0.2) is 34.0 Å². The average molecular weight is 388 g/mol. The monoisotopic (exact) mass is 387 g/mol. The van der Waals surface area contributed by atoms with Crippen LogP contribution in [0.5, 0.6) is 0 Å². The third kappa shape index (κ3) is 3.77. The summed E-state index contributed by atoms with van der Waals surface area (Å²) in [5.41, 5.74) is 4.56. The molecule has 1 atom stereocenters. The Morgan fingerprint density at radius 2 is 2.23 bits per heavy atom. The number of halogens is 4. The van der Waals surface area contributed by atoms with E-state index in [1.54, 1.807) is 11.6 Å². The molecule has 1 aliphatic heterocycles. The second kappa shape index (κ2) is 6.79. The first-order valence-electron chi connectivity index (χ1n) is 7.95. The van der Waals surface area contributed by atoms with Crippen LogP contribution in [-0.2, 0) is 19.1 Å². The first kappa shape index (κ1) is 18.5. The summed E-state index contributed by atoms with van der Waals surface area (Å²) >= 11 is 6.17. The maximum absolute atomic E-state index is 12.8. The lowest BCUT2D eigenvalue weighted by Crippen LogP contribution is -2.32. The van der Waals surface area contributed by atoms with Crippen LogP contribution >= 0.6 is 11.6 Å². The van der Waals surface area contributed by atoms with Gasteiger partial charge in [0.25, 0.3) is 0 Å². The quantitative estimate of drug-likeness (QED) is 0.875. The second-order valence-corrected chi connectivity index (χ2v) is 6.78. The smallest absolute Gasteiger partial charge is 0.366 e. The molecule has 0 spiro atoms. The number of alkyl halides is 3. The fourth-order valence-corrected chi connectivity index (χ4v) is 3.43. The standard InChI is InChI=1S/C16H17ClF3N5O/c1-24(15-11(17)4-10(5-22-15)14(21)26)6-9-2-3-13-23-12(16(18,19)20)8-25(13)7-9/h4-5,8-9H,2-3,6-7H2,1H3,(H2,21,26)/t9-/m0/s1. The molecule has 2 aromatic heterocycles. The highest BCUT2D eigenvalue weighted by Gasteiger charge is 2.35. The number of fused-ring (bicyclic) bond motifs is 1. The third-order valence-electron chi connectivity index (χ3n) is 4.38. The molecule has 10 heteroatoms. The van der Waals surface area contributed by atoms with Crippen molar-refractivity contribution in [3.63, 3.8) is 0 Å². The highest BCUT2D eigenvalue weighted by Crippen LogP contribution is 2.31. The van der Waals surface area contributed by atoms with Gasteiger partial charge < -0.3 is 15.2 Å². The number of aromatic nitrogens is 3. The molecule has 2 N–H and O–H groups in total. The fraction of sp³-hybridized carbons (Fsp3) is 0.438. The molecule has 3 heterocycles. The zero-order valence-electron chi connectivity index (χ0n) is 13.9. The molecule has 0 radical (unpaired) electrons. The summed E-state index contributed by atoms with van der Waals surface area (Å²) in [5.74, 6) is 0.452. The van der Waals surface area contributed by atoms with Crippen molar-refractivity contribution in [2.75, 3.05) is 18.5 Å². The van der Waals surface area contributed by atoms with Crippen LogP contribution in [0.1, 0.15) is 28.3 Å². The van der Waals surface area contributed by atoms with Gasteiger partial charge >= 0.3 is 6.18 Å². The van der Waals surface area contributed by atoms with Crippen LogP contribution in [0.3, 0.4) is 0 Å². The molecule has 0 aliphatic carbocycles. The van der Waals surface area contributed by atoms with E-state index in [1.165, 1.54) is 12.3 Å². The molecule has 2 aromatic rings. The fourth-order valence-electron chi connectivity index (χ4n) is 3.12. The third-order valence-corrected chi connectivity index (χ3v) is 4.66. The molecule has 3 rings (SSSR count). The van der Waals surface area contributed by atoms with Gasteiger partial charge in [0, 0.05) is 39.0 Å². The molecule has 0 saturated carbocycles. The van der Waals surface area contributed by atoms with Crippen molar-refractivity contribution in [2.24, 2.45) is 11.7 Å². The highest BCUT2D eigenvalue weighted by molar-refractivity contribution is 6.33. The molecule has 0 bridgehead atoms. The predicted octanol–water partition coefficient (Wildman–Crippen LogP) is 2.75. The van der Waals surface area contributed by atoms with Crippen LogP contribution in [0, 0.1) is 5.92 Å². The summed E-state index contributed by atoms with van der Waals surface area (Å²) < 4.78 is 40.0. The number of rotatable bonds is 4. The lowest BCUT2D eigenvalue weighted by atomic mass is 9.99. The molecule has 140 valence electrons. The zero-order chi connectivity index (χ0) is 19.1. The minimum Gasteiger partial charge on any atom is -0.366 e. The second-order valence-electron chi connectivity index (χ2n) is 6.37. The van der Waals surface area contributed by atoms with E-state index >= 15 is 0 Å². The Labute approximate surface area is 152 Å².